The smallest absolute Gasteiger partial charge is 0.144 e. The molecule has 26 heavy (non-hydrogen) atoms. The zero-order chi connectivity index (χ0) is 18.1. The fraction of sp³-hybridized carbons (Fsp3) is 0.222. The monoisotopic (exact) mass is 390 g/mol. The molecule has 1 unspecified atom stereocenters. The molecule has 1 saturated heterocycles. The van der Waals surface area contributed by atoms with E-state index in [-0.39, 0.29) is 6.10 Å². The van der Waals surface area contributed by atoms with E-state index in [1.54, 1.807) is 18.2 Å². The van der Waals surface area contributed by atoms with Crippen LogP contribution >= 0.6 is 23.2 Å². The number of nitrogens with two attached hydrogens (primary N) is 1. The Morgan fingerprint density at radius 3 is 2.81 bits per heavy atom. The summed E-state index contributed by atoms with van der Waals surface area (Å²) in [5, 5.41) is 4.96. The predicted molar refractivity (Wildman–Crippen MR) is 104 cm³/mol. The first-order valence-electron chi connectivity index (χ1n) is 8.11. The Morgan fingerprint density at radius 2 is 2.04 bits per heavy atom. The summed E-state index contributed by atoms with van der Waals surface area (Å²) in [6.45, 7) is 1.28. The normalized spacial score (nSPS) is 16.8. The molecular formula is C18H16Cl2N4O2. The standard InChI is InChI=1S/C18H16Cl2N4O2/c19-13-2-1-10(5-14(13)20)24-18-12-6-15(21)17(7-16(12)22-9-23-18)26-11-3-4-25-8-11/h1-2,5-7,9,11H,3-4,8,21H2,(H,22,23,24). The van der Waals surface area contributed by atoms with Gasteiger partial charge in [-0.2, -0.15) is 0 Å². The van der Waals surface area contributed by atoms with Gasteiger partial charge in [0, 0.05) is 23.6 Å². The minimum Gasteiger partial charge on any atom is -0.486 e. The summed E-state index contributed by atoms with van der Waals surface area (Å²) in [7, 11) is 0. The van der Waals surface area contributed by atoms with Gasteiger partial charge in [0.05, 0.1) is 34.5 Å². The largest absolute Gasteiger partial charge is 0.486 e. The number of fused-ring (bicyclic) bond motifs is 1. The highest BCUT2D eigenvalue weighted by atomic mass is 35.5. The maximum absolute atomic E-state index is 6.18. The predicted octanol–water partition coefficient (Wildman–Crippen LogP) is 4.43. The van der Waals surface area contributed by atoms with E-state index < -0.39 is 0 Å². The van der Waals surface area contributed by atoms with Crippen molar-refractivity contribution < 1.29 is 9.47 Å². The summed E-state index contributed by atoms with van der Waals surface area (Å²) < 4.78 is 11.3. The second-order valence-electron chi connectivity index (χ2n) is 5.99. The Morgan fingerprint density at radius 1 is 1.15 bits per heavy atom. The van der Waals surface area contributed by atoms with E-state index in [4.69, 9.17) is 38.4 Å². The average Bonchev–Trinajstić information content (AvgIpc) is 3.13. The third-order valence-electron chi connectivity index (χ3n) is 4.13. The van der Waals surface area contributed by atoms with Gasteiger partial charge >= 0.3 is 0 Å². The van der Waals surface area contributed by atoms with Crippen LogP contribution in [0, 0.1) is 0 Å². The van der Waals surface area contributed by atoms with Crippen molar-refractivity contribution in [1.82, 2.24) is 9.97 Å². The number of hydrogen-bond donors (Lipinski definition) is 2. The van der Waals surface area contributed by atoms with Crippen LogP contribution in [0.15, 0.2) is 36.7 Å². The lowest BCUT2D eigenvalue weighted by atomic mass is 10.2. The van der Waals surface area contributed by atoms with Crippen LogP contribution in [-0.2, 0) is 4.74 Å². The Kier molecular flexibility index (Phi) is 4.72. The molecule has 2 heterocycles. The van der Waals surface area contributed by atoms with Crippen molar-refractivity contribution in [3.05, 3.63) is 46.7 Å². The van der Waals surface area contributed by atoms with E-state index in [9.17, 15) is 0 Å². The van der Waals surface area contributed by atoms with Gasteiger partial charge in [-0.1, -0.05) is 23.2 Å². The molecule has 1 aromatic heterocycles. The zero-order valence-corrected chi connectivity index (χ0v) is 15.2. The van der Waals surface area contributed by atoms with Crippen molar-refractivity contribution in [3.63, 3.8) is 0 Å². The Labute approximate surface area is 160 Å². The molecule has 1 aliphatic heterocycles. The van der Waals surface area contributed by atoms with E-state index >= 15 is 0 Å². The molecule has 3 N–H and O–H groups in total. The van der Waals surface area contributed by atoms with Crippen molar-refractivity contribution in [1.29, 1.82) is 0 Å². The molecule has 1 aliphatic rings. The fourth-order valence-electron chi connectivity index (χ4n) is 2.80. The number of nitrogens with one attached hydrogen (secondary N) is 1. The van der Waals surface area contributed by atoms with E-state index in [2.05, 4.69) is 15.3 Å². The van der Waals surface area contributed by atoms with Gasteiger partial charge in [-0.3, -0.25) is 0 Å². The number of benzene rings is 2. The Bertz CT molecular complexity index is 961. The summed E-state index contributed by atoms with van der Waals surface area (Å²) >= 11 is 12.0. The molecule has 0 amide bonds. The molecule has 1 atom stereocenters. The molecule has 0 aliphatic carbocycles. The maximum Gasteiger partial charge on any atom is 0.144 e. The molecule has 2 aromatic carbocycles. The van der Waals surface area contributed by atoms with Crippen molar-refractivity contribution in [2.45, 2.75) is 12.5 Å². The molecular weight excluding hydrogens is 375 g/mol. The van der Waals surface area contributed by atoms with Crippen LogP contribution in [0.25, 0.3) is 10.9 Å². The number of rotatable bonds is 4. The van der Waals surface area contributed by atoms with Crippen LogP contribution in [0.5, 0.6) is 5.75 Å². The minimum atomic E-state index is 0.0189. The van der Waals surface area contributed by atoms with Gasteiger partial charge in [0.2, 0.25) is 0 Å². The van der Waals surface area contributed by atoms with E-state index in [0.29, 0.717) is 40.5 Å². The van der Waals surface area contributed by atoms with Gasteiger partial charge in [-0.15, -0.1) is 0 Å². The van der Waals surface area contributed by atoms with Crippen molar-refractivity contribution in [2.24, 2.45) is 0 Å². The lowest BCUT2D eigenvalue weighted by Gasteiger charge is -2.15. The minimum absolute atomic E-state index is 0.0189. The van der Waals surface area contributed by atoms with Crippen molar-refractivity contribution in [2.75, 3.05) is 24.3 Å². The van der Waals surface area contributed by atoms with Gasteiger partial charge in [0.15, 0.2) is 0 Å². The number of ether oxygens (including phenoxy) is 2. The average molecular weight is 391 g/mol. The van der Waals surface area contributed by atoms with Crippen LogP contribution < -0.4 is 15.8 Å². The molecule has 8 heteroatoms. The molecule has 1 fully saturated rings. The molecule has 0 radical (unpaired) electrons. The third kappa shape index (κ3) is 3.49. The van der Waals surface area contributed by atoms with Gasteiger partial charge in [0.25, 0.3) is 0 Å². The summed E-state index contributed by atoms with van der Waals surface area (Å²) in [5.41, 5.74) is 8.20. The van der Waals surface area contributed by atoms with Crippen LogP contribution in [-0.4, -0.2) is 29.3 Å². The topological polar surface area (TPSA) is 82.3 Å². The molecule has 0 bridgehead atoms. The third-order valence-corrected chi connectivity index (χ3v) is 4.87. The highest BCUT2D eigenvalue weighted by Gasteiger charge is 2.19. The zero-order valence-electron chi connectivity index (χ0n) is 13.7. The van der Waals surface area contributed by atoms with E-state index in [0.717, 1.165) is 23.0 Å². The summed E-state index contributed by atoms with van der Waals surface area (Å²) in [6.07, 6.45) is 2.36. The molecule has 0 spiro atoms. The number of halogens is 2. The van der Waals surface area contributed by atoms with Gasteiger partial charge < -0.3 is 20.5 Å². The van der Waals surface area contributed by atoms with Crippen LogP contribution in [0.1, 0.15) is 6.42 Å². The lowest BCUT2D eigenvalue weighted by molar-refractivity contribution is 0.142. The SMILES string of the molecule is Nc1cc2c(Nc3ccc(Cl)c(Cl)c3)ncnc2cc1OC1CCOC1. The fourth-order valence-corrected chi connectivity index (χ4v) is 3.10. The van der Waals surface area contributed by atoms with Gasteiger partial charge in [-0.25, -0.2) is 9.97 Å². The van der Waals surface area contributed by atoms with Gasteiger partial charge in [0.1, 0.15) is 24.0 Å². The van der Waals surface area contributed by atoms with E-state index in [1.807, 2.05) is 12.1 Å². The number of hydrogen-bond acceptors (Lipinski definition) is 6. The summed E-state index contributed by atoms with van der Waals surface area (Å²) in [4.78, 5) is 8.64. The number of nitrogen functional groups attached to an aromatic ring is 1. The first-order valence-corrected chi connectivity index (χ1v) is 8.86. The molecule has 0 saturated carbocycles. The molecule has 3 aromatic rings. The highest BCUT2D eigenvalue weighted by molar-refractivity contribution is 6.42. The Hall–Kier alpha value is -2.28. The highest BCUT2D eigenvalue weighted by Crippen LogP contribution is 2.33. The van der Waals surface area contributed by atoms with Gasteiger partial charge in [-0.05, 0) is 24.3 Å². The number of anilines is 3. The second kappa shape index (κ2) is 7.15. The lowest BCUT2D eigenvalue weighted by Crippen LogP contribution is -2.16. The Balaban J connectivity index is 1.67. The van der Waals surface area contributed by atoms with E-state index in [1.165, 1.54) is 6.33 Å². The summed E-state index contributed by atoms with van der Waals surface area (Å²) in [6, 6.07) is 8.91. The molecule has 134 valence electrons. The van der Waals surface area contributed by atoms with Crippen molar-refractivity contribution >= 4 is 51.3 Å². The summed E-state index contributed by atoms with van der Waals surface area (Å²) in [5.74, 6) is 1.23. The second-order valence-corrected chi connectivity index (χ2v) is 6.80. The van der Waals surface area contributed by atoms with Crippen LogP contribution in [0.4, 0.5) is 17.2 Å². The molecule has 4 rings (SSSR count). The molecule has 6 nitrogen and oxygen atoms in total. The number of aromatic nitrogens is 2. The van der Waals surface area contributed by atoms with Crippen molar-refractivity contribution in [3.8, 4) is 5.75 Å². The number of nitrogens with zero attached hydrogens (tertiary/aromatic N) is 2. The van der Waals surface area contributed by atoms with Crippen LogP contribution in [0.2, 0.25) is 10.0 Å². The quantitative estimate of drug-likeness (QED) is 0.641. The maximum atomic E-state index is 6.18. The first kappa shape index (κ1) is 17.1. The first-order chi connectivity index (χ1) is 12.6. The van der Waals surface area contributed by atoms with Crippen LogP contribution in [0.3, 0.4) is 0 Å².